The Morgan fingerprint density at radius 1 is 1.24 bits per heavy atom. The molecule has 0 atom stereocenters. The minimum atomic E-state index is -3.17. The normalized spacial score (nSPS) is 16.9. The zero-order valence-corrected chi connectivity index (χ0v) is 11.3. The number of rotatable bonds is 4. The molecular weight excluding hydrogens is 234 g/mol. The van der Waals surface area contributed by atoms with Crippen LogP contribution in [0.2, 0.25) is 0 Å². The molecule has 1 aromatic carbocycles. The molecular formula is C13H19NO2S. The maximum atomic E-state index is 11.7. The van der Waals surface area contributed by atoms with E-state index in [0.29, 0.717) is 16.5 Å². The molecule has 0 heterocycles. The Hall–Kier alpha value is -1.03. The maximum Gasteiger partial charge on any atom is 0.177 e. The second kappa shape index (κ2) is 4.02. The minimum absolute atomic E-state index is 0.0409. The van der Waals surface area contributed by atoms with Crippen LogP contribution in [0.15, 0.2) is 29.2 Å². The van der Waals surface area contributed by atoms with E-state index in [-0.39, 0.29) is 5.54 Å². The molecule has 1 saturated carbocycles. The van der Waals surface area contributed by atoms with Gasteiger partial charge >= 0.3 is 0 Å². The highest BCUT2D eigenvalue weighted by Gasteiger charge is 2.38. The monoisotopic (exact) mass is 253 g/mol. The van der Waals surface area contributed by atoms with Crippen LogP contribution < -0.4 is 5.32 Å². The van der Waals surface area contributed by atoms with Gasteiger partial charge in [-0.1, -0.05) is 12.1 Å². The van der Waals surface area contributed by atoms with Gasteiger partial charge in [0.1, 0.15) is 0 Å². The Labute approximate surface area is 103 Å². The van der Waals surface area contributed by atoms with Gasteiger partial charge in [0.25, 0.3) is 0 Å². The summed E-state index contributed by atoms with van der Waals surface area (Å²) in [5.74, 6) is 0.648. The molecule has 0 radical (unpaired) electrons. The Morgan fingerprint density at radius 2 is 1.82 bits per heavy atom. The van der Waals surface area contributed by atoms with E-state index in [4.69, 9.17) is 0 Å². The third-order valence-corrected chi connectivity index (χ3v) is 4.50. The number of nitrogens with one attached hydrogen (secondary N) is 1. The lowest BCUT2D eigenvalue weighted by atomic mass is 9.98. The van der Waals surface area contributed by atoms with Crippen LogP contribution in [-0.4, -0.2) is 20.2 Å². The van der Waals surface area contributed by atoms with Crippen LogP contribution in [0, 0.1) is 5.92 Å². The molecule has 94 valence electrons. The molecule has 17 heavy (non-hydrogen) atoms. The molecule has 1 aliphatic carbocycles. The molecule has 4 heteroatoms. The fraction of sp³-hybridized carbons (Fsp3) is 0.538. The first-order valence-corrected chi connectivity index (χ1v) is 7.77. The molecule has 0 saturated heterocycles. The Morgan fingerprint density at radius 3 is 2.35 bits per heavy atom. The summed E-state index contributed by atoms with van der Waals surface area (Å²) in [6.45, 7) is 4.26. The topological polar surface area (TPSA) is 46.2 Å². The van der Waals surface area contributed by atoms with Crippen molar-refractivity contribution in [2.75, 3.05) is 11.6 Å². The third kappa shape index (κ3) is 2.80. The molecule has 0 unspecified atom stereocenters. The van der Waals surface area contributed by atoms with Gasteiger partial charge in [-0.25, -0.2) is 8.42 Å². The van der Waals surface area contributed by atoms with Crippen LogP contribution in [0.1, 0.15) is 26.7 Å². The van der Waals surface area contributed by atoms with Crippen LogP contribution in [0.25, 0.3) is 0 Å². The average Bonchev–Trinajstić information content (AvgIpc) is 2.99. The summed E-state index contributed by atoms with van der Waals surface area (Å²) in [4.78, 5) is 0.383. The molecule has 1 aliphatic rings. The van der Waals surface area contributed by atoms with Crippen molar-refractivity contribution in [2.45, 2.75) is 37.1 Å². The van der Waals surface area contributed by atoms with Gasteiger partial charge in [0.05, 0.1) is 10.6 Å². The molecule has 3 nitrogen and oxygen atoms in total. The molecule has 0 bridgehead atoms. The van der Waals surface area contributed by atoms with E-state index < -0.39 is 9.84 Å². The van der Waals surface area contributed by atoms with Crippen molar-refractivity contribution in [3.05, 3.63) is 24.3 Å². The van der Waals surface area contributed by atoms with Gasteiger partial charge in [0, 0.05) is 11.8 Å². The largest absolute Gasteiger partial charge is 0.379 e. The summed E-state index contributed by atoms with van der Waals surface area (Å²) in [7, 11) is -3.17. The highest BCUT2D eigenvalue weighted by atomic mass is 32.2. The highest BCUT2D eigenvalue weighted by molar-refractivity contribution is 7.90. The van der Waals surface area contributed by atoms with Crippen LogP contribution in [0.4, 0.5) is 5.69 Å². The van der Waals surface area contributed by atoms with Gasteiger partial charge in [0.15, 0.2) is 9.84 Å². The predicted molar refractivity (Wildman–Crippen MR) is 70.0 cm³/mol. The molecule has 0 amide bonds. The van der Waals surface area contributed by atoms with E-state index in [1.54, 1.807) is 12.1 Å². The fourth-order valence-corrected chi connectivity index (χ4v) is 2.99. The molecule has 1 aromatic rings. The second-order valence-corrected chi connectivity index (χ2v) is 7.37. The summed E-state index contributed by atoms with van der Waals surface area (Å²) < 4.78 is 23.4. The van der Waals surface area contributed by atoms with Crippen molar-refractivity contribution in [1.82, 2.24) is 0 Å². The van der Waals surface area contributed by atoms with Crippen LogP contribution in [-0.2, 0) is 9.84 Å². The Bertz CT molecular complexity index is 516. The SMILES string of the molecule is CC(C)(Nc1ccccc1S(C)(=O)=O)C1CC1. The first-order chi connectivity index (χ1) is 7.81. The van der Waals surface area contributed by atoms with E-state index in [1.807, 2.05) is 12.1 Å². The molecule has 0 aromatic heterocycles. The lowest BCUT2D eigenvalue weighted by molar-refractivity contribution is 0.493. The summed E-state index contributed by atoms with van der Waals surface area (Å²) in [5, 5.41) is 3.38. The Kier molecular flexibility index (Phi) is 2.94. The number of anilines is 1. The van der Waals surface area contributed by atoms with E-state index in [2.05, 4.69) is 19.2 Å². The van der Waals surface area contributed by atoms with Gasteiger partial charge in [-0.15, -0.1) is 0 Å². The summed E-state index contributed by atoms with van der Waals surface area (Å²) in [5.41, 5.74) is 0.674. The van der Waals surface area contributed by atoms with Crippen LogP contribution in [0.3, 0.4) is 0 Å². The molecule has 0 aliphatic heterocycles. The van der Waals surface area contributed by atoms with E-state index >= 15 is 0 Å². The molecule has 1 fully saturated rings. The van der Waals surface area contributed by atoms with Crippen molar-refractivity contribution in [3.8, 4) is 0 Å². The highest BCUT2D eigenvalue weighted by Crippen LogP contribution is 2.41. The van der Waals surface area contributed by atoms with Crippen molar-refractivity contribution >= 4 is 15.5 Å². The first-order valence-electron chi connectivity index (χ1n) is 5.88. The van der Waals surface area contributed by atoms with E-state index in [9.17, 15) is 8.42 Å². The molecule has 0 spiro atoms. The van der Waals surface area contributed by atoms with Gasteiger partial charge in [-0.05, 0) is 44.7 Å². The number of sulfone groups is 1. The van der Waals surface area contributed by atoms with Crippen LogP contribution >= 0.6 is 0 Å². The first kappa shape index (κ1) is 12.4. The summed E-state index contributed by atoms with van der Waals surface area (Å²) >= 11 is 0. The third-order valence-electron chi connectivity index (χ3n) is 3.34. The Balaban J connectivity index is 2.33. The second-order valence-electron chi connectivity index (χ2n) is 5.39. The quantitative estimate of drug-likeness (QED) is 0.897. The summed E-state index contributed by atoms with van der Waals surface area (Å²) in [6, 6.07) is 7.10. The van der Waals surface area contributed by atoms with Crippen molar-refractivity contribution in [2.24, 2.45) is 5.92 Å². The maximum absolute atomic E-state index is 11.7. The lowest BCUT2D eigenvalue weighted by Crippen LogP contribution is -2.33. The predicted octanol–water partition coefficient (Wildman–Crippen LogP) is 2.69. The average molecular weight is 253 g/mol. The number of benzene rings is 1. The lowest BCUT2D eigenvalue weighted by Gasteiger charge is -2.28. The van der Waals surface area contributed by atoms with Crippen LogP contribution in [0.5, 0.6) is 0 Å². The fourth-order valence-electron chi connectivity index (χ4n) is 2.15. The smallest absolute Gasteiger partial charge is 0.177 e. The molecule has 1 N–H and O–H groups in total. The zero-order valence-electron chi connectivity index (χ0n) is 10.5. The summed E-state index contributed by atoms with van der Waals surface area (Å²) in [6.07, 6.45) is 3.69. The van der Waals surface area contributed by atoms with Crippen molar-refractivity contribution < 1.29 is 8.42 Å². The number of hydrogen-bond donors (Lipinski definition) is 1. The van der Waals surface area contributed by atoms with Crippen molar-refractivity contribution in [3.63, 3.8) is 0 Å². The zero-order chi connectivity index (χ0) is 12.7. The number of hydrogen-bond acceptors (Lipinski definition) is 3. The van der Waals surface area contributed by atoms with Gasteiger partial charge < -0.3 is 5.32 Å². The van der Waals surface area contributed by atoms with Gasteiger partial charge in [-0.2, -0.15) is 0 Å². The standard InChI is InChI=1S/C13H19NO2S/c1-13(2,10-8-9-10)14-11-6-4-5-7-12(11)17(3,15)16/h4-7,10,14H,8-9H2,1-3H3. The molecule has 2 rings (SSSR count). The number of para-hydroxylation sites is 1. The van der Waals surface area contributed by atoms with Gasteiger partial charge in [-0.3, -0.25) is 0 Å². The van der Waals surface area contributed by atoms with E-state index in [1.165, 1.54) is 19.1 Å². The van der Waals surface area contributed by atoms with E-state index in [0.717, 1.165) is 0 Å². The van der Waals surface area contributed by atoms with Gasteiger partial charge in [0.2, 0.25) is 0 Å². The minimum Gasteiger partial charge on any atom is -0.379 e. The van der Waals surface area contributed by atoms with Crippen molar-refractivity contribution in [1.29, 1.82) is 0 Å².